The Morgan fingerprint density at radius 2 is 2.07 bits per heavy atom. The highest BCUT2D eigenvalue weighted by Crippen LogP contribution is 2.35. The van der Waals surface area contributed by atoms with Crippen molar-refractivity contribution in [2.45, 2.75) is 13.3 Å². The summed E-state index contributed by atoms with van der Waals surface area (Å²) in [6.45, 7) is 2.03. The molecule has 0 aliphatic carbocycles. The first-order valence-corrected chi connectivity index (χ1v) is 8.53. The van der Waals surface area contributed by atoms with Crippen molar-refractivity contribution < 1.29 is 24.4 Å². The number of amides is 2. The number of ether oxygens (including phenoxy) is 1. The lowest BCUT2D eigenvalue weighted by atomic mass is 10.1. The molecule has 3 rings (SSSR count). The van der Waals surface area contributed by atoms with E-state index in [0.717, 1.165) is 23.8 Å². The summed E-state index contributed by atoms with van der Waals surface area (Å²) in [6, 6.07) is 8.77. The molecule has 9 heteroatoms. The zero-order valence-electron chi connectivity index (χ0n) is 15.3. The predicted octanol–water partition coefficient (Wildman–Crippen LogP) is 2.61. The Labute approximate surface area is 160 Å². The summed E-state index contributed by atoms with van der Waals surface area (Å²) in [6.07, 6.45) is -0.0153. The van der Waals surface area contributed by atoms with Gasteiger partial charge in [-0.3, -0.25) is 19.7 Å². The molecule has 1 aliphatic rings. The number of non-ortho nitro benzene ring substituents is 1. The Kier molecular flexibility index (Phi) is 5.16. The Bertz CT molecular complexity index is 959. The number of nitrogens with one attached hydrogen (secondary N) is 1. The van der Waals surface area contributed by atoms with Gasteiger partial charge in [-0.2, -0.15) is 0 Å². The number of aromatic hydroxyl groups is 1. The number of phenols is 1. The van der Waals surface area contributed by atoms with Gasteiger partial charge in [-0.25, -0.2) is 0 Å². The van der Waals surface area contributed by atoms with Crippen molar-refractivity contribution in [3.05, 3.63) is 52.1 Å². The average molecular weight is 385 g/mol. The van der Waals surface area contributed by atoms with Gasteiger partial charge in [0.15, 0.2) is 0 Å². The van der Waals surface area contributed by atoms with E-state index in [0.29, 0.717) is 11.4 Å². The molecule has 0 radical (unpaired) electrons. The van der Waals surface area contributed by atoms with E-state index in [9.17, 15) is 24.8 Å². The van der Waals surface area contributed by atoms with Crippen LogP contribution in [-0.4, -0.2) is 35.5 Å². The summed E-state index contributed by atoms with van der Waals surface area (Å²) in [5.74, 6) is -1.17. The van der Waals surface area contributed by atoms with Crippen molar-refractivity contribution in [1.29, 1.82) is 0 Å². The third-order valence-corrected chi connectivity index (χ3v) is 4.57. The molecule has 2 N–H and O–H groups in total. The summed E-state index contributed by atoms with van der Waals surface area (Å²) >= 11 is 0. The minimum Gasteiger partial charge on any atom is -0.506 e. The molecule has 28 heavy (non-hydrogen) atoms. The maximum atomic E-state index is 12.6. The predicted molar refractivity (Wildman–Crippen MR) is 102 cm³/mol. The maximum Gasteiger partial charge on any atom is 0.271 e. The molecule has 2 aromatic carbocycles. The van der Waals surface area contributed by atoms with Crippen LogP contribution in [0.2, 0.25) is 0 Å². The Hall–Kier alpha value is -3.62. The van der Waals surface area contributed by atoms with Gasteiger partial charge >= 0.3 is 0 Å². The van der Waals surface area contributed by atoms with E-state index in [4.69, 9.17) is 4.74 Å². The molecule has 1 aliphatic heterocycles. The summed E-state index contributed by atoms with van der Waals surface area (Å²) in [7, 11) is 1.50. The molecule has 2 aromatic rings. The number of rotatable bonds is 5. The molecule has 9 nitrogen and oxygen atoms in total. The molecule has 1 saturated heterocycles. The van der Waals surface area contributed by atoms with Gasteiger partial charge in [0.2, 0.25) is 11.8 Å². The zero-order valence-corrected chi connectivity index (χ0v) is 15.3. The molecular weight excluding hydrogens is 366 g/mol. The first kappa shape index (κ1) is 19.2. The second-order valence-corrected chi connectivity index (χ2v) is 6.53. The second kappa shape index (κ2) is 7.55. The Morgan fingerprint density at radius 1 is 1.32 bits per heavy atom. The largest absolute Gasteiger partial charge is 0.506 e. The van der Waals surface area contributed by atoms with Crippen molar-refractivity contribution in [2.24, 2.45) is 5.92 Å². The molecular formula is C19H19N3O6. The molecule has 1 unspecified atom stereocenters. The van der Waals surface area contributed by atoms with Gasteiger partial charge in [0.05, 0.1) is 29.3 Å². The monoisotopic (exact) mass is 385 g/mol. The highest BCUT2D eigenvalue weighted by molar-refractivity contribution is 6.04. The van der Waals surface area contributed by atoms with Crippen LogP contribution in [0.1, 0.15) is 12.0 Å². The van der Waals surface area contributed by atoms with E-state index in [1.54, 1.807) is 6.07 Å². The number of anilines is 2. The van der Waals surface area contributed by atoms with E-state index < -0.39 is 16.7 Å². The highest BCUT2D eigenvalue weighted by atomic mass is 16.6. The van der Waals surface area contributed by atoms with E-state index in [1.165, 1.54) is 12.0 Å². The van der Waals surface area contributed by atoms with E-state index in [2.05, 4.69) is 5.32 Å². The fraction of sp³-hybridized carbons (Fsp3) is 0.263. The fourth-order valence-electron chi connectivity index (χ4n) is 3.10. The molecule has 0 bridgehead atoms. The molecule has 0 spiro atoms. The van der Waals surface area contributed by atoms with Crippen LogP contribution in [0.5, 0.6) is 11.5 Å². The van der Waals surface area contributed by atoms with Crippen molar-refractivity contribution in [2.75, 3.05) is 23.9 Å². The number of methoxy groups -OCH3 is 1. The normalized spacial score (nSPS) is 16.1. The number of hydrogen-bond acceptors (Lipinski definition) is 6. The van der Waals surface area contributed by atoms with Gasteiger partial charge < -0.3 is 20.1 Å². The lowest BCUT2D eigenvalue weighted by molar-refractivity contribution is -0.384. The summed E-state index contributed by atoms with van der Waals surface area (Å²) in [5, 5.41) is 23.2. The van der Waals surface area contributed by atoms with E-state index in [1.807, 2.05) is 19.1 Å². The topological polar surface area (TPSA) is 122 Å². The van der Waals surface area contributed by atoms with Gasteiger partial charge in [-0.15, -0.1) is 0 Å². The lowest BCUT2D eigenvalue weighted by Gasteiger charge is -2.20. The van der Waals surface area contributed by atoms with Crippen LogP contribution in [0, 0.1) is 23.0 Å². The van der Waals surface area contributed by atoms with Crippen molar-refractivity contribution in [1.82, 2.24) is 0 Å². The Morgan fingerprint density at radius 3 is 2.75 bits per heavy atom. The average Bonchev–Trinajstić information content (AvgIpc) is 3.05. The fourth-order valence-corrected chi connectivity index (χ4v) is 3.10. The number of nitro groups is 1. The summed E-state index contributed by atoms with van der Waals surface area (Å²) < 4.78 is 5.31. The number of benzene rings is 2. The molecule has 1 atom stereocenters. The number of aryl methyl sites for hydroxylation is 1. The molecule has 2 amide bonds. The van der Waals surface area contributed by atoms with Crippen LogP contribution in [0.4, 0.5) is 17.1 Å². The van der Waals surface area contributed by atoms with Crippen LogP contribution in [0.15, 0.2) is 36.4 Å². The third kappa shape index (κ3) is 3.73. The smallest absolute Gasteiger partial charge is 0.271 e. The molecule has 1 heterocycles. The van der Waals surface area contributed by atoms with Crippen LogP contribution >= 0.6 is 0 Å². The van der Waals surface area contributed by atoms with Crippen LogP contribution in [0.25, 0.3) is 0 Å². The van der Waals surface area contributed by atoms with Crippen molar-refractivity contribution in [3.63, 3.8) is 0 Å². The molecule has 1 fully saturated rings. The highest BCUT2D eigenvalue weighted by Gasteiger charge is 2.36. The van der Waals surface area contributed by atoms with Crippen LogP contribution in [0.3, 0.4) is 0 Å². The van der Waals surface area contributed by atoms with Gasteiger partial charge in [0.1, 0.15) is 11.5 Å². The molecule has 0 aromatic heterocycles. The molecule has 0 saturated carbocycles. The minimum absolute atomic E-state index is 0.0153. The number of carbonyl (C=O) groups is 2. The number of phenolic OH excluding ortho intramolecular Hbond substituents is 1. The second-order valence-electron chi connectivity index (χ2n) is 6.53. The van der Waals surface area contributed by atoms with Crippen molar-refractivity contribution in [3.8, 4) is 11.5 Å². The zero-order chi connectivity index (χ0) is 20.4. The number of nitrogens with zero attached hydrogens (tertiary/aromatic N) is 2. The standard InChI is InChI=1S/C19H19N3O6/c1-11-3-6-17(28-2)15(7-11)21-10-12(8-18(21)24)19(25)20-14-9-13(22(26)27)4-5-16(14)23/h3-7,9,12,23H,8,10H2,1-2H3,(H,20,25). The van der Waals surface area contributed by atoms with Gasteiger partial charge in [0.25, 0.3) is 5.69 Å². The first-order chi connectivity index (χ1) is 13.3. The SMILES string of the molecule is COc1ccc(C)cc1N1CC(C(=O)Nc2cc([N+](=O)[O-])ccc2O)CC1=O. The van der Waals surface area contributed by atoms with Crippen LogP contribution in [-0.2, 0) is 9.59 Å². The van der Waals surface area contributed by atoms with Crippen molar-refractivity contribution >= 4 is 28.9 Å². The summed E-state index contributed by atoms with van der Waals surface area (Å²) in [4.78, 5) is 36.8. The number of hydrogen-bond donors (Lipinski definition) is 2. The lowest BCUT2D eigenvalue weighted by Crippen LogP contribution is -2.28. The Balaban J connectivity index is 1.79. The first-order valence-electron chi connectivity index (χ1n) is 8.53. The number of carbonyl (C=O) groups excluding carboxylic acids is 2. The van der Waals surface area contributed by atoms with Crippen LogP contribution < -0.4 is 15.0 Å². The van der Waals surface area contributed by atoms with Gasteiger partial charge in [0, 0.05) is 25.1 Å². The third-order valence-electron chi connectivity index (χ3n) is 4.57. The minimum atomic E-state index is -0.670. The summed E-state index contributed by atoms with van der Waals surface area (Å²) in [5.41, 5.74) is 1.19. The quantitative estimate of drug-likeness (QED) is 0.463. The number of nitro benzene ring substituents is 1. The van der Waals surface area contributed by atoms with Gasteiger partial charge in [-0.05, 0) is 30.7 Å². The van der Waals surface area contributed by atoms with Gasteiger partial charge in [-0.1, -0.05) is 6.07 Å². The maximum absolute atomic E-state index is 12.6. The molecule has 146 valence electrons. The van der Waals surface area contributed by atoms with E-state index in [-0.39, 0.29) is 36.0 Å². The van der Waals surface area contributed by atoms with E-state index >= 15 is 0 Å².